The number of carbonyl (C=O) groups excluding carboxylic acids is 1. The lowest BCUT2D eigenvalue weighted by atomic mass is 9.98. The number of amides is 1. The minimum Gasteiger partial charge on any atom is -0.384 e. The van der Waals surface area contributed by atoms with Crippen LogP contribution in [0.4, 0.5) is 5.69 Å². The number of carbonyl (C=O) groups is 1. The molecule has 2 aliphatic heterocycles. The molecule has 2 atom stereocenters. The number of nitrogens with zero attached hydrogens (tertiary/aromatic N) is 1. The standard InChI is InChI=1S/C17H24N2O/c1-3-14-10-9-12(2)19(14)17(20)15-8-4-6-13-7-5-11-18-16(13)15/h4,6,8,12,14,18H,3,5,7,9-11H2,1-2H3. The zero-order valence-corrected chi connectivity index (χ0v) is 12.5. The van der Waals surface area contributed by atoms with E-state index in [1.807, 2.05) is 12.1 Å². The van der Waals surface area contributed by atoms with E-state index in [4.69, 9.17) is 0 Å². The quantitative estimate of drug-likeness (QED) is 0.894. The molecule has 2 unspecified atom stereocenters. The molecule has 2 aliphatic rings. The van der Waals surface area contributed by atoms with E-state index in [9.17, 15) is 4.79 Å². The van der Waals surface area contributed by atoms with Crippen LogP contribution in [-0.2, 0) is 6.42 Å². The summed E-state index contributed by atoms with van der Waals surface area (Å²) in [6.45, 7) is 5.34. The van der Waals surface area contributed by atoms with Crippen LogP contribution in [0.5, 0.6) is 0 Å². The lowest BCUT2D eigenvalue weighted by Crippen LogP contribution is -2.40. The van der Waals surface area contributed by atoms with E-state index in [-0.39, 0.29) is 5.91 Å². The molecule has 3 rings (SSSR count). The number of rotatable bonds is 2. The van der Waals surface area contributed by atoms with Crippen molar-refractivity contribution >= 4 is 11.6 Å². The Morgan fingerprint density at radius 2 is 2.25 bits per heavy atom. The third kappa shape index (κ3) is 2.19. The first-order valence-electron chi connectivity index (χ1n) is 7.90. The van der Waals surface area contributed by atoms with Gasteiger partial charge in [0.25, 0.3) is 5.91 Å². The molecule has 1 aromatic rings. The molecule has 0 saturated carbocycles. The monoisotopic (exact) mass is 272 g/mol. The summed E-state index contributed by atoms with van der Waals surface area (Å²) < 4.78 is 0. The third-order valence-corrected chi connectivity index (χ3v) is 4.80. The van der Waals surface area contributed by atoms with Crippen LogP contribution in [0.15, 0.2) is 18.2 Å². The molecular formula is C17H24N2O. The summed E-state index contributed by atoms with van der Waals surface area (Å²) in [4.78, 5) is 15.1. The predicted molar refractivity (Wildman–Crippen MR) is 82.2 cm³/mol. The third-order valence-electron chi connectivity index (χ3n) is 4.80. The van der Waals surface area contributed by atoms with Gasteiger partial charge in [-0.25, -0.2) is 0 Å². The second-order valence-electron chi connectivity index (χ2n) is 6.07. The van der Waals surface area contributed by atoms with Gasteiger partial charge in [0.2, 0.25) is 0 Å². The van der Waals surface area contributed by atoms with Crippen LogP contribution < -0.4 is 5.32 Å². The van der Waals surface area contributed by atoms with Gasteiger partial charge >= 0.3 is 0 Å². The average molecular weight is 272 g/mol. The Morgan fingerprint density at radius 1 is 1.40 bits per heavy atom. The van der Waals surface area contributed by atoms with Crippen LogP contribution in [0, 0.1) is 0 Å². The van der Waals surface area contributed by atoms with E-state index < -0.39 is 0 Å². The summed E-state index contributed by atoms with van der Waals surface area (Å²) in [7, 11) is 0. The minimum atomic E-state index is 0.216. The van der Waals surface area contributed by atoms with Crippen molar-refractivity contribution in [1.82, 2.24) is 4.90 Å². The Hall–Kier alpha value is -1.51. The predicted octanol–water partition coefficient (Wildman–Crippen LogP) is 3.45. The topological polar surface area (TPSA) is 32.3 Å². The fraction of sp³-hybridized carbons (Fsp3) is 0.588. The van der Waals surface area contributed by atoms with E-state index >= 15 is 0 Å². The van der Waals surface area contributed by atoms with Crippen LogP contribution >= 0.6 is 0 Å². The maximum absolute atomic E-state index is 13.0. The number of anilines is 1. The van der Waals surface area contributed by atoms with Crippen molar-refractivity contribution in [2.75, 3.05) is 11.9 Å². The summed E-state index contributed by atoms with van der Waals surface area (Å²) in [6, 6.07) is 6.94. The zero-order valence-electron chi connectivity index (χ0n) is 12.5. The fourth-order valence-corrected chi connectivity index (χ4v) is 3.67. The molecule has 1 aromatic carbocycles. The molecular weight excluding hydrogens is 248 g/mol. The van der Waals surface area contributed by atoms with Gasteiger partial charge in [0, 0.05) is 18.6 Å². The van der Waals surface area contributed by atoms with E-state index in [1.165, 1.54) is 5.56 Å². The normalized spacial score (nSPS) is 25.2. The number of fused-ring (bicyclic) bond motifs is 1. The second kappa shape index (κ2) is 5.47. The van der Waals surface area contributed by atoms with Gasteiger partial charge in [0.05, 0.1) is 11.3 Å². The SMILES string of the molecule is CCC1CCC(C)N1C(=O)c1cccc2c1NCCC2. The van der Waals surface area contributed by atoms with Crippen molar-refractivity contribution in [2.24, 2.45) is 0 Å². The van der Waals surface area contributed by atoms with Gasteiger partial charge in [-0.1, -0.05) is 19.1 Å². The zero-order chi connectivity index (χ0) is 14.1. The molecule has 1 N–H and O–H groups in total. The summed E-state index contributed by atoms with van der Waals surface area (Å²) in [5, 5.41) is 3.44. The second-order valence-corrected chi connectivity index (χ2v) is 6.07. The van der Waals surface area contributed by atoms with Crippen molar-refractivity contribution in [3.8, 4) is 0 Å². The van der Waals surface area contributed by atoms with Crippen molar-refractivity contribution in [3.63, 3.8) is 0 Å². The smallest absolute Gasteiger partial charge is 0.256 e. The highest BCUT2D eigenvalue weighted by atomic mass is 16.2. The van der Waals surface area contributed by atoms with Gasteiger partial charge in [-0.2, -0.15) is 0 Å². The molecule has 0 radical (unpaired) electrons. The number of benzene rings is 1. The maximum atomic E-state index is 13.0. The van der Waals surface area contributed by atoms with Crippen molar-refractivity contribution in [3.05, 3.63) is 29.3 Å². The Kier molecular flexibility index (Phi) is 3.68. The van der Waals surface area contributed by atoms with Gasteiger partial charge < -0.3 is 10.2 Å². The number of likely N-dealkylation sites (tertiary alicyclic amines) is 1. The highest BCUT2D eigenvalue weighted by molar-refractivity contribution is 6.01. The molecule has 3 heteroatoms. The molecule has 1 fully saturated rings. The highest BCUT2D eigenvalue weighted by Gasteiger charge is 2.34. The van der Waals surface area contributed by atoms with Gasteiger partial charge in [-0.15, -0.1) is 0 Å². The van der Waals surface area contributed by atoms with Crippen LogP contribution in [0.1, 0.15) is 55.5 Å². The summed E-state index contributed by atoms with van der Waals surface area (Å²) in [5.74, 6) is 0.216. The first kappa shape index (κ1) is 13.5. The molecule has 2 heterocycles. The first-order chi connectivity index (χ1) is 9.72. The highest BCUT2D eigenvalue weighted by Crippen LogP contribution is 2.32. The van der Waals surface area contributed by atoms with Gasteiger partial charge in [-0.3, -0.25) is 4.79 Å². The number of hydrogen-bond acceptors (Lipinski definition) is 2. The Balaban J connectivity index is 1.94. The molecule has 108 valence electrons. The van der Waals surface area contributed by atoms with Crippen molar-refractivity contribution < 1.29 is 4.79 Å². The van der Waals surface area contributed by atoms with E-state index in [1.54, 1.807) is 0 Å². The van der Waals surface area contributed by atoms with Crippen molar-refractivity contribution in [2.45, 2.75) is 58.0 Å². The van der Waals surface area contributed by atoms with Crippen LogP contribution in [0.25, 0.3) is 0 Å². The van der Waals surface area contributed by atoms with E-state index in [2.05, 4.69) is 30.1 Å². The minimum absolute atomic E-state index is 0.216. The van der Waals surface area contributed by atoms with Gasteiger partial charge in [-0.05, 0) is 50.7 Å². The molecule has 20 heavy (non-hydrogen) atoms. The first-order valence-corrected chi connectivity index (χ1v) is 7.90. The summed E-state index contributed by atoms with van der Waals surface area (Å²) >= 11 is 0. The molecule has 1 amide bonds. The lowest BCUT2D eigenvalue weighted by Gasteiger charge is -2.30. The van der Waals surface area contributed by atoms with Crippen LogP contribution in [0.2, 0.25) is 0 Å². The summed E-state index contributed by atoms with van der Waals surface area (Å²) in [5.41, 5.74) is 3.24. The van der Waals surface area contributed by atoms with Gasteiger partial charge in [0.15, 0.2) is 0 Å². The molecule has 3 nitrogen and oxygen atoms in total. The fourth-order valence-electron chi connectivity index (χ4n) is 3.67. The van der Waals surface area contributed by atoms with Crippen LogP contribution in [0.3, 0.4) is 0 Å². The van der Waals surface area contributed by atoms with Gasteiger partial charge in [0.1, 0.15) is 0 Å². The average Bonchev–Trinajstić information content (AvgIpc) is 2.87. The Bertz CT molecular complexity index is 512. The van der Waals surface area contributed by atoms with E-state index in [0.717, 1.165) is 49.9 Å². The molecule has 0 spiro atoms. The van der Waals surface area contributed by atoms with Crippen molar-refractivity contribution in [1.29, 1.82) is 0 Å². The number of nitrogens with one attached hydrogen (secondary N) is 1. The summed E-state index contributed by atoms with van der Waals surface area (Å²) in [6.07, 6.45) is 5.57. The largest absolute Gasteiger partial charge is 0.384 e. The Labute approximate surface area is 121 Å². The van der Waals surface area contributed by atoms with Crippen LogP contribution in [-0.4, -0.2) is 29.4 Å². The lowest BCUT2D eigenvalue weighted by molar-refractivity contribution is 0.0677. The molecule has 0 aromatic heterocycles. The number of aryl methyl sites for hydroxylation is 1. The maximum Gasteiger partial charge on any atom is 0.256 e. The number of para-hydroxylation sites is 1. The Morgan fingerprint density at radius 3 is 3.05 bits per heavy atom. The molecule has 0 bridgehead atoms. The molecule has 1 saturated heterocycles. The van der Waals surface area contributed by atoms with E-state index in [0.29, 0.717) is 12.1 Å². The molecule has 0 aliphatic carbocycles. The number of hydrogen-bond donors (Lipinski definition) is 1.